The first-order valence-corrected chi connectivity index (χ1v) is 14.9. The molecule has 6 atom stereocenters. The van der Waals surface area contributed by atoms with Gasteiger partial charge in [0.2, 0.25) is 11.8 Å². The van der Waals surface area contributed by atoms with E-state index in [2.05, 4.69) is 37.5 Å². The molecule has 38 heavy (non-hydrogen) atoms. The Morgan fingerprint density at radius 2 is 1.87 bits per heavy atom. The molecule has 0 aromatic heterocycles. The van der Waals surface area contributed by atoms with Crippen molar-refractivity contribution in [1.82, 2.24) is 10.6 Å². The molecule has 2 saturated carbocycles. The lowest BCUT2D eigenvalue weighted by Gasteiger charge is -2.45. The number of allylic oxidation sites excluding steroid dienone is 1. The quantitative estimate of drug-likeness (QED) is 0.188. The van der Waals surface area contributed by atoms with E-state index in [4.69, 9.17) is 19.3 Å². The normalized spacial score (nSPS) is 35.4. The summed E-state index contributed by atoms with van der Waals surface area (Å²) in [6, 6.07) is -0.0852. The van der Waals surface area contributed by atoms with Crippen LogP contribution in [0.4, 0.5) is 0 Å². The molecule has 8 heteroatoms. The Bertz CT molecular complexity index is 861. The van der Waals surface area contributed by atoms with Crippen LogP contribution in [0.1, 0.15) is 97.8 Å². The number of methoxy groups -OCH3 is 1. The summed E-state index contributed by atoms with van der Waals surface area (Å²) in [6.45, 7) is 7.71. The number of aliphatic hydroxyl groups excluding tert-OH is 1. The fourth-order valence-corrected chi connectivity index (χ4v) is 7.27. The molecule has 8 nitrogen and oxygen atoms in total. The summed E-state index contributed by atoms with van der Waals surface area (Å²) in [5, 5.41) is 15.2. The van der Waals surface area contributed by atoms with Gasteiger partial charge in [-0.15, -0.1) is 0 Å². The summed E-state index contributed by atoms with van der Waals surface area (Å²) in [5.74, 6) is 0.188. The standard InChI is InChI=1S/C30H50N2O6/c1-21(2)11-12-23-28(3,38-23)26-25(36-4)22(13-17-30(26)20-37-30)32-27(35)29(14-6-5-7-15-29)16-8-10-24(34)31-18-9-19-33/h11,22-23,25-26,33H,5-10,12-20H2,1-4H3,(H,31,34)(H,32,35)/t22-,23-,25-,26-,28+,30+/m1/s1. The number of hydrogen-bond donors (Lipinski definition) is 3. The van der Waals surface area contributed by atoms with Crippen molar-refractivity contribution < 1.29 is 28.9 Å². The van der Waals surface area contributed by atoms with Crippen LogP contribution in [0.15, 0.2) is 11.6 Å². The zero-order chi connectivity index (χ0) is 27.4. The molecule has 0 bridgehead atoms. The molecule has 2 amide bonds. The van der Waals surface area contributed by atoms with Crippen LogP contribution in [-0.2, 0) is 23.8 Å². The van der Waals surface area contributed by atoms with E-state index in [1.807, 2.05) is 0 Å². The highest BCUT2D eigenvalue weighted by atomic mass is 16.6. The van der Waals surface area contributed by atoms with E-state index in [1.54, 1.807) is 7.11 Å². The molecule has 4 aliphatic rings. The predicted octanol–water partition coefficient (Wildman–Crippen LogP) is 3.80. The number of carbonyl (C=O) groups is 2. The molecule has 3 N–H and O–H groups in total. The zero-order valence-corrected chi connectivity index (χ0v) is 24.0. The Labute approximate surface area is 228 Å². The van der Waals surface area contributed by atoms with Gasteiger partial charge >= 0.3 is 0 Å². The molecule has 0 aromatic carbocycles. The molecule has 2 aliphatic heterocycles. The van der Waals surface area contributed by atoms with Gasteiger partial charge in [0.1, 0.15) is 5.60 Å². The largest absolute Gasteiger partial charge is 0.396 e. The van der Waals surface area contributed by atoms with E-state index in [0.29, 0.717) is 25.8 Å². The van der Waals surface area contributed by atoms with Crippen LogP contribution in [-0.4, -0.2) is 73.2 Å². The summed E-state index contributed by atoms with van der Waals surface area (Å²) in [6.07, 6.45) is 12.2. The monoisotopic (exact) mass is 534 g/mol. The molecule has 1 spiro atoms. The Hall–Kier alpha value is -1.48. The number of amides is 2. The van der Waals surface area contributed by atoms with E-state index < -0.39 is 5.41 Å². The summed E-state index contributed by atoms with van der Waals surface area (Å²) in [5.41, 5.74) is 0.340. The number of aliphatic hydroxyl groups is 1. The van der Waals surface area contributed by atoms with Gasteiger partial charge in [-0.3, -0.25) is 9.59 Å². The lowest BCUT2D eigenvalue weighted by molar-refractivity contribution is -0.138. The number of hydrogen-bond acceptors (Lipinski definition) is 6. The highest BCUT2D eigenvalue weighted by Crippen LogP contribution is 2.59. The van der Waals surface area contributed by atoms with Crippen molar-refractivity contribution >= 4 is 11.8 Å². The third-order valence-corrected chi connectivity index (χ3v) is 9.62. The Balaban J connectivity index is 1.41. The Kier molecular flexibility index (Phi) is 9.60. The van der Waals surface area contributed by atoms with Crippen LogP contribution in [0.3, 0.4) is 0 Å². The summed E-state index contributed by atoms with van der Waals surface area (Å²) >= 11 is 0. The van der Waals surface area contributed by atoms with Gasteiger partial charge in [0.25, 0.3) is 0 Å². The highest BCUT2D eigenvalue weighted by molar-refractivity contribution is 5.83. The molecule has 2 heterocycles. The van der Waals surface area contributed by atoms with E-state index >= 15 is 0 Å². The number of epoxide rings is 2. The van der Waals surface area contributed by atoms with Crippen LogP contribution < -0.4 is 10.6 Å². The minimum absolute atomic E-state index is 0.00513. The SMILES string of the molecule is CO[C@@H]1[C@H](NC(=O)C2(CCCC(=O)NCCCO)CCCCC2)CC[C@]2(CO2)[C@H]1[C@@]1(C)O[C@@H]1CC=C(C)C. The first kappa shape index (κ1) is 29.5. The zero-order valence-electron chi connectivity index (χ0n) is 24.0. The minimum atomic E-state index is -0.422. The van der Waals surface area contributed by atoms with Gasteiger partial charge in [0.15, 0.2) is 0 Å². The van der Waals surface area contributed by atoms with Gasteiger partial charge in [-0.1, -0.05) is 30.9 Å². The van der Waals surface area contributed by atoms with Gasteiger partial charge in [-0.25, -0.2) is 0 Å². The molecule has 216 valence electrons. The van der Waals surface area contributed by atoms with Crippen LogP contribution in [0, 0.1) is 11.3 Å². The average Bonchev–Trinajstić information content (AvgIpc) is 3.81. The fourth-order valence-electron chi connectivity index (χ4n) is 7.27. The summed E-state index contributed by atoms with van der Waals surface area (Å²) in [7, 11) is 1.75. The topological polar surface area (TPSA) is 113 Å². The first-order chi connectivity index (χ1) is 18.2. The second-order valence-corrected chi connectivity index (χ2v) is 12.6. The number of carbonyl (C=O) groups excluding carboxylic acids is 2. The summed E-state index contributed by atoms with van der Waals surface area (Å²) in [4.78, 5) is 26.2. The molecular weight excluding hydrogens is 484 g/mol. The molecule has 0 unspecified atom stereocenters. The van der Waals surface area contributed by atoms with Gasteiger partial charge in [-0.2, -0.15) is 0 Å². The van der Waals surface area contributed by atoms with Crippen LogP contribution in [0.5, 0.6) is 0 Å². The smallest absolute Gasteiger partial charge is 0.226 e. The van der Waals surface area contributed by atoms with Crippen LogP contribution >= 0.6 is 0 Å². The van der Waals surface area contributed by atoms with Crippen LogP contribution in [0.2, 0.25) is 0 Å². The van der Waals surface area contributed by atoms with Gasteiger partial charge in [0.05, 0.1) is 30.5 Å². The highest BCUT2D eigenvalue weighted by Gasteiger charge is 2.72. The molecule has 0 aromatic rings. The Morgan fingerprint density at radius 1 is 1.13 bits per heavy atom. The first-order valence-electron chi connectivity index (χ1n) is 14.9. The predicted molar refractivity (Wildman–Crippen MR) is 146 cm³/mol. The summed E-state index contributed by atoms with van der Waals surface area (Å²) < 4.78 is 18.6. The van der Waals surface area contributed by atoms with Gasteiger partial charge < -0.3 is 30.0 Å². The van der Waals surface area contributed by atoms with E-state index in [9.17, 15) is 9.59 Å². The van der Waals surface area contributed by atoms with Crippen molar-refractivity contribution in [1.29, 1.82) is 0 Å². The van der Waals surface area contributed by atoms with Gasteiger partial charge in [0, 0.05) is 38.0 Å². The Morgan fingerprint density at radius 3 is 2.50 bits per heavy atom. The second kappa shape index (κ2) is 12.4. The lowest BCUT2D eigenvalue weighted by Crippen LogP contribution is -2.61. The van der Waals surface area contributed by atoms with Crippen molar-refractivity contribution in [2.75, 3.05) is 26.9 Å². The van der Waals surface area contributed by atoms with Crippen LogP contribution in [0.25, 0.3) is 0 Å². The third-order valence-electron chi connectivity index (χ3n) is 9.62. The molecule has 0 radical (unpaired) electrons. The average molecular weight is 535 g/mol. The minimum Gasteiger partial charge on any atom is -0.396 e. The molecule has 4 rings (SSSR count). The maximum Gasteiger partial charge on any atom is 0.226 e. The lowest BCUT2D eigenvalue weighted by atomic mass is 9.66. The molecule has 2 saturated heterocycles. The van der Waals surface area contributed by atoms with Crippen molar-refractivity contribution in [3.8, 4) is 0 Å². The second-order valence-electron chi connectivity index (χ2n) is 12.6. The maximum absolute atomic E-state index is 14.0. The van der Waals surface area contributed by atoms with Crippen molar-refractivity contribution in [2.45, 2.75) is 127 Å². The molecule has 4 fully saturated rings. The van der Waals surface area contributed by atoms with Gasteiger partial charge in [-0.05, 0) is 72.1 Å². The maximum atomic E-state index is 14.0. The van der Waals surface area contributed by atoms with E-state index in [1.165, 1.54) is 5.57 Å². The van der Waals surface area contributed by atoms with E-state index in [-0.39, 0.29) is 53.8 Å². The molecule has 2 aliphatic carbocycles. The number of nitrogens with one attached hydrogen (secondary N) is 2. The van der Waals surface area contributed by atoms with Crippen molar-refractivity contribution in [3.05, 3.63) is 11.6 Å². The number of rotatable bonds is 13. The van der Waals surface area contributed by atoms with E-state index in [0.717, 1.165) is 64.4 Å². The third kappa shape index (κ3) is 6.45. The number of ether oxygens (including phenoxy) is 3. The molecular formula is C30H50N2O6. The van der Waals surface area contributed by atoms with Crippen molar-refractivity contribution in [2.24, 2.45) is 11.3 Å². The van der Waals surface area contributed by atoms with Crippen molar-refractivity contribution in [3.63, 3.8) is 0 Å². The fraction of sp³-hybridized carbons (Fsp3) is 0.867.